The lowest BCUT2D eigenvalue weighted by Crippen LogP contribution is -2.13. The lowest BCUT2D eigenvalue weighted by Gasteiger charge is -2.13. The van der Waals surface area contributed by atoms with Gasteiger partial charge in [0.1, 0.15) is 5.75 Å². The number of halogens is 2. The Bertz CT molecular complexity index is 382. The number of amides is 1. The number of carbonyl (C=O) groups is 1. The molecule has 0 unspecified atom stereocenters. The van der Waals surface area contributed by atoms with Crippen LogP contribution in [0.4, 0.5) is 0 Å². The number of hydrogen-bond donors (Lipinski definition) is 1. The van der Waals surface area contributed by atoms with Gasteiger partial charge in [0.25, 0.3) is 0 Å². The third-order valence-corrected chi connectivity index (χ3v) is 3.45. The van der Waals surface area contributed by atoms with Crippen molar-refractivity contribution in [2.24, 2.45) is 11.7 Å². The first-order valence-electron chi connectivity index (χ1n) is 4.83. The summed E-state index contributed by atoms with van der Waals surface area (Å²) in [6, 6.07) is 3.50. The second-order valence-electron chi connectivity index (χ2n) is 3.84. The minimum absolute atomic E-state index is 0.411. The Kier molecular flexibility index (Phi) is 5.29. The average molecular weight is 445 g/mol. The molecule has 0 saturated carbocycles. The van der Waals surface area contributed by atoms with Crippen LogP contribution in [0.3, 0.4) is 0 Å². The quantitative estimate of drug-likeness (QED) is 0.726. The third-order valence-electron chi connectivity index (χ3n) is 1.84. The van der Waals surface area contributed by atoms with Gasteiger partial charge in [0, 0.05) is 5.56 Å². The van der Waals surface area contributed by atoms with Crippen LogP contribution in [-0.2, 0) is 0 Å². The fourth-order valence-corrected chi connectivity index (χ4v) is 3.17. The van der Waals surface area contributed by atoms with E-state index in [0.717, 1.165) is 12.9 Å². The average Bonchev–Trinajstić information content (AvgIpc) is 2.15. The van der Waals surface area contributed by atoms with Gasteiger partial charge in [-0.2, -0.15) is 0 Å². The molecule has 0 aliphatic carbocycles. The number of primary amides is 1. The van der Waals surface area contributed by atoms with E-state index < -0.39 is 5.91 Å². The molecule has 2 N–H and O–H groups in total. The highest BCUT2D eigenvalue weighted by Crippen LogP contribution is 2.29. The lowest BCUT2D eigenvalue weighted by atomic mass is 10.2. The van der Waals surface area contributed by atoms with E-state index in [-0.39, 0.29) is 0 Å². The summed E-state index contributed by atoms with van der Waals surface area (Å²) in [4.78, 5) is 11.1. The molecule has 0 heterocycles. The van der Waals surface area contributed by atoms with Gasteiger partial charge in [-0.1, -0.05) is 13.8 Å². The highest BCUT2D eigenvalue weighted by molar-refractivity contribution is 14.1. The molecule has 16 heavy (non-hydrogen) atoms. The van der Waals surface area contributed by atoms with Gasteiger partial charge in [-0.15, -0.1) is 0 Å². The smallest absolute Gasteiger partial charge is 0.248 e. The van der Waals surface area contributed by atoms with E-state index in [1.165, 1.54) is 0 Å². The van der Waals surface area contributed by atoms with Crippen molar-refractivity contribution in [1.82, 2.24) is 0 Å². The fraction of sp³-hybridized carbons (Fsp3) is 0.364. The normalized spacial score (nSPS) is 10.6. The Morgan fingerprint density at radius 1 is 1.38 bits per heavy atom. The summed E-state index contributed by atoms with van der Waals surface area (Å²) >= 11 is 4.31. The minimum Gasteiger partial charge on any atom is -0.491 e. The molecule has 0 spiro atoms. The van der Waals surface area contributed by atoms with Crippen LogP contribution in [0.2, 0.25) is 0 Å². The van der Waals surface area contributed by atoms with Gasteiger partial charge in [-0.05, 0) is 63.2 Å². The molecule has 0 saturated heterocycles. The maximum absolute atomic E-state index is 11.1. The molecular formula is C11H13I2NO2. The zero-order valence-corrected chi connectivity index (χ0v) is 13.4. The molecule has 0 fully saturated rings. The van der Waals surface area contributed by atoms with Crippen molar-refractivity contribution in [2.75, 3.05) is 6.61 Å². The second-order valence-corrected chi connectivity index (χ2v) is 6.16. The molecule has 0 radical (unpaired) electrons. The van der Waals surface area contributed by atoms with Crippen LogP contribution in [0.15, 0.2) is 12.1 Å². The number of nitrogens with two attached hydrogens (primary N) is 1. The van der Waals surface area contributed by atoms with Crippen molar-refractivity contribution in [1.29, 1.82) is 0 Å². The van der Waals surface area contributed by atoms with E-state index in [1.54, 1.807) is 12.1 Å². The molecule has 0 aliphatic heterocycles. The lowest BCUT2D eigenvalue weighted by molar-refractivity contribution is 0.1000. The van der Waals surface area contributed by atoms with Gasteiger partial charge in [-0.25, -0.2) is 0 Å². The van der Waals surface area contributed by atoms with E-state index in [2.05, 4.69) is 59.0 Å². The Balaban J connectivity index is 2.98. The molecule has 1 aromatic rings. The van der Waals surface area contributed by atoms with Gasteiger partial charge in [0.05, 0.1) is 13.7 Å². The van der Waals surface area contributed by atoms with Gasteiger partial charge >= 0.3 is 0 Å². The van der Waals surface area contributed by atoms with Crippen LogP contribution < -0.4 is 10.5 Å². The third kappa shape index (κ3) is 3.76. The number of carbonyl (C=O) groups excluding carboxylic acids is 1. The number of hydrogen-bond acceptors (Lipinski definition) is 2. The summed E-state index contributed by atoms with van der Waals surface area (Å²) in [7, 11) is 0. The number of rotatable bonds is 4. The van der Waals surface area contributed by atoms with E-state index in [4.69, 9.17) is 10.5 Å². The molecule has 1 amide bonds. The van der Waals surface area contributed by atoms with Crippen LogP contribution in [-0.4, -0.2) is 12.5 Å². The van der Waals surface area contributed by atoms with Gasteiger partial charge in [-0.3, -0.25) is 4.79 Å². The molecule has 1 aromatic carbocycles. The number of benzene rings is 1. The standard InChI is InChI=1S/C11H13I2NO2/c1-6(2)5-16-10-8(12)3-7(11(14)15)4-9(10)13/h3-4,6H,5H2,1-2H3,(H2,14,15). The maximum atomic E-state index is 11.1. The largest absolute Gasteiger partial charge is 0.491 e. The van der Waals surface area contributed by atoms with Crippen LogP contribution in [0.1, 0.15) is 24.2 Å². The topological polar surface area (TPSA) is 52.3 Å². The molecular weight excluding hydrogens is 432 g/mol. The van der Waals surface area contributed by atoms with E-state index in [9.17, 15) is 4.79 Å². The molecule has 0 aromatic heterocycles. The summed E-state index contributed by atoms with van der Waals surface area (Å²) < 4.78 is 7.53. The van der Waals surface area contributed by atoms with Gasteiger partial charge < -0.3 is 10.5 Å². The Morgan fingerprint density at radius 3 is 2.25 bits per heavy atom. The molecule has 3 nitrogen and oxygen atoms in total. The van der Waals surface area contributed by atoms with E-state index in [0.29, 0.717) is 18.1 Å². The van der Waals surface area contributed by atoms with Crippen LogP contribution >= 0.6 is 45.2 Å². The summed E-state index contributed by atoms with van der Waals surface area (Å²) in [6.07, 6.45) is 0. The number of ether oxygens (including phenoxy) is 1. The molecule has 1 rings (SSSR count). The van der Waals surface area contributed by atoms with Gasteiger partial charge in [0.15, 0.2) is 0 Å². The Morgan fingerprint density at radius 2 is 1.88 bits per heavy atom. The fourth-order valence-electron chi connectivity index (χ4n) is 1.09. The van der Waals surface area contributed by atoms with E-state index >= 15 is 0 Å². The van der Waals surface area contributed by atoms with Gasteiger partial charge in [0.2, 0.25) is 5.91 Å². The van der Waals surface area contributed by atoms with Crippen molar-refractivity contribution >= 4 is 51.1 Å². The van der Waals surface area contributed by atoms with E-state index in [1.807, 2.05) is 0 Å². The monoisotopic (exact) mass is 445 g/mol. The molecule has 5 heteroatoms. The molecule has 0 atom stereocenters. The maximum Gasteiger partial charge on any atom is 0.248 e. The minimum atomic E-state index is -0.411. The zero-order valence-electron chi connectivity index (χ0n) is 9.09. The first kappa shape index (κ1) is 14.0. The van der Waals surface area contributed by atoms with Crippen molar-refractivity contribution in [2.45, 2.75) is 13.8 Å². The SMILES string of the molecule is CC(C)COc1c(I)cc(C(N)=O)cc1I. The first-order valence-corrected chi connectivity index (χ1v) is 6.99. The second kappa shape index (κ2) is 6.04. The van der Waals surface area contributed by atoms with Crippen LogP contribution in [0.5, 0.6) is 5.75 Å². The summed E-state index contributed by atoms with van der Waals surface area (Å²) in [5, 5.41) is 0. The Hall–Kier alpha value is -0.0500. The summed E-state index contributed by atoms with van der Waals surface area (Å²) in [5.41, 5.74) is 5.76. The first-order chi connectivity index (χ1) is 7.41. The highest BCUT2D eigenvalue weighted by atomic mass is 127. The van der Waals surface area contributed by atoms with Crippen molar-refractivity contribution < 1.29 is 9.53 Å². The molecule has 0 bridgehead atoms. The van der Waals surface area contributed by atoms with Crippen molar-refractivity contribution in [3.05, 3.63) is 24.8 Å². The highest BCUT2D eigenvalue weighted by Gasteiger charge is 2.11. The molecule has 88 valence electrons. The predicted molar refractivity (Wildman–Crippen MR) is 80.7 cm³/mol. The van der Waals surface area contributed by atoms with Crippen molar-refractivity contribution in [3.8, 4) is 5.75 Å². The van der Waals surface area contributed by atoms with Crippen molar-refractivity contribution in [3.63, 3.8) is 0 Å². The summed E-state index contributed by atoms with van der Waals surface area (Å²) in [5.74, 6) is 0.897. The van der Waals surface area contributed by atoms with Crippen LogP contribution in [0, 0.1) is 13.1 Å². The molecule has 0 aliphatic rings. The zero-order chi connectivity index (χ0) is 12.3. The van der Waals surface area contributed by atoms with Crippen LogP contribution in [0.25, 0.3) is 0 Å². The Labute approximate surface area is 122 Å². The predicted octanol–water partition coefficient (Wildman–Crippen LogP) is 3.03. The summed E-state index contributed by atoms with van der Waals surface area (Å²) in [6.45, 7) is 4.86.